The third-order valence-corrected chi connectivity index (χ3v) is 3.79. The van der Waals surface area contributed by atoms with E-state index in [4.69, 9.17) is 23.2 Å². The second-order valence-corrected chi connectivity index (χ2v) is 4.64. The average Bonchev–Trinajstić information content (AvgIpc) is 2.26. The standard InChI is InChI=1S/C10H6BrCl2N3/c1-5-4-14-3-2-6(5)10-15-8(12)7(11)9(13)16-10/h2-4H,1H3. The van der Waals surface area contributed by atoms with Crippen molar-refractivity contribution in [3.05, 3.63) is 38.8 Å². The van der Waals surface area contributed by atoms with Gasteiger partial charge in [-0.15, -0.1) is 0 Å². The van der Waals surface area contributed by atoms with Gasteiger partial charge in [-0.3, -0.25) is 4.98 Å². The minimum absolute atomic E-state index is 0.297. The number of aromatic nitrogens is 3. The highest BCUT2D eigenvalue weighted by Gasteiger charge is 2.11. The third kappa shape index (κ3) is 2.19. The number of hydrogen-bond donors (Lipinski definition) is 0. The van der Waals surface area contributed by atoms with Crippen LogP contribution in [0.1, 0.15) is 5.56 Å². The third-order valence-electron chi connectivity index (χ3n) is 2.03. The van der Waals surface area contributed by atoms with E-state index < -0.39 is 0 Å². The van der Waals surface area contributed by atoms with E-state index >= 15 is 0 Å². The molecule has 0 aromatic carbocycles. The van der Waals surface area contributed by atoms with Gasteiger partial charge in [0.1, 0.15) is 10.3 Å². The first-order valence-corrected chi connectivity index (χ1v) is 5.94. The van der Waals surface area contributed by atoms with Crippen molar-refractivity contribution in [2.75, 3.05) is 0 Å². The maximum absolute atomic E-state index is 5.92. The van der Waals surface area contributed by atoms with Gasteiger partial charge in [0.25, 0.3) is 0 Å². The van der Waals surface area contributed by atoms with Crippen LogP contribution in [0.25, 0.3) is 11.4 Å². The molecule has 6 heteroatoms. The van der Waals surface area contributed by atoms with Crippen molar-refractivity contribution in [1.82, 2.24) is 15.0 Å². The first-order chi connectivity index (χ1) is 7.59. The molecule has 3 nitrogen and oxygen atoms in total. The molecule has 0 aliphatic carbocycles. The summed E-state index contributed by atoms with van der Waals surface area (Å²) in [6.45, 7) is 1.93. The average molecular weight is 319 g/mol. The van der Waals surface area contributed by atoms with Gasteiger partial charge in [-0.1, -0.05) is 23.2 Å². The second-order valence-electron chi connectivity index (χ2n) is 3.13. The quantitative estimate of drug-likeness (QED) is 0.748. The van der Waals surface area contributed by atoms with Crippen LogP contribution in [0.2, 0.25) is 10.3 Å². The molecule has 16 heavy (non-hydrogen) atoms. The Balaban J connectivity index is 2.62. The summed E-state index contributed by atoms with van der Waals surface area (Å²) in [6.07, 6.45) is 3.41. The highest BCUT2D eigenvalue weighted by molar-refractivity contribution is 9.10. The van der Waals surface area contributed by atoms with E-state index in [-0.39, 0.29) is 0 Å². The van der Waals surface area contributed by atoms with Gasteiger partial charge < -0.3 is 0 Å². The van der Waals surface area contributed by atoms with Gasteiger partial charge in [0, 0.05) is 18.0 Å². The van der Waals surface area contributed by atoms with Crippen LogP contribution in [0.4, 0.5) is 0 Å². The molecule has 2 heterocycles. The monoisotopic (exact) mass is 317 g/mol. The fraction of sp³-hybridized carbons (Fsp3) is 0.100. The lowest BCUT2D eigenvalue weighted by Gasteiger charge is -2.05. The molecule has 0 fully saturated rings. The van der Waals surface area contributed by atoms with Crippen LogP contribution in [0.15, 0.2) is 22.9 Å². The number of halogens is 3. The molecule has 0 amide bonds. The van der Waals surface area contributed by atoms with Gasteiger partial charge in [-0.25, -0.2) is 9.97 Å². The van der Waals surface area contributed by atoms with E-state index in [0.717, 1.165) is 11.1 Å². The molecule has 0 radical (unpaired) electrons. The minimum atomic E-state index is 0.297. The minimum Gasteiger partial charge on any atom is -0.264 e. The smallest absolute Gasteiger partial charge is 0.163 e. The molecular weight excluding hydrogens is 313 g/mol. The molecule has 2 aromatic rings. The van der Waals surface area contributed by atoms with E-state index in [0.29, 0.717) is 20.6 Å². The van der Waals surface area contributed by atoms with Crippen molar-refractivity contribution in [3.8, 4) is 11.4 Å². The van der Waals surface area contributed by atoms with Crippen LogP contribution in [0.3, 0.4) is 0 Å². The lowest BCUT2D eigenvalue weighted by atomic mass is 10.1. The molecule has 0 saturated heterocycles. The van der Waals surface area contributed by atoms with E-state index in [9.17, 15) is 0 Å². The number of nitrogens with zero attached hydrogens (tertiary/aromatic N) is 3. The number of rotatable bonds is 1. The predicted octanol–water partition coefficient (Wildman–Crippen LogP) is 3.92. The summed E-state index contributed by atoms with van der Waals surface area (Å²) in [7, 11) is 0. The molecule has 2 aromatic heterocycles. The van der Waals surface area contributed by atoms with Crippen molar-refractivity contribution < 1.29 is 0 Å². The summed E-state index contributed by atoms with van der Waals surface area (Å²) in [5, 5.41) is 0.595. The van der Waals surface area contributed by atoms with Crippen molar-refractivity contribution in [3.63, 3.8) is 0 Å². The number of aryl methyl sites for hydroxylation is 1. The Labute approximate surface area is 111 Å². The largest absolute Gasteiger partial charge is 0.264 e. The Kier molecular flexibility index (Phi) is 3.42. The topological polar surface area (TPSA) is 38.7 Å². The molecular formula is C10H6BrCl2N3. The highest BCUT2D eigenvalue weighted by Crippen LogP contribution is 2.30. The Bertz CT molecular complexity index is 522. The van der Waals surface area contributed by atoms with Crippen molar-refractivity contribution in [2.24, 2.45) is 0 Å². The van der Waals surface area contributed by atoms with Crippen molar-refractivity contribution >= 4 is 39.1 Å². The number of pyridine rings is 1. The van der Waals surface area contributed by atoms with Crippen LogP contribution in [0.5, 0.6) is 0 Å². The van der Waals surface area contributed by atoms with Gasteiger partial charge in [-0.2, -0.15) is 0 Å². The van der Waals surface area contributed by atoms with E-state index in [1.807, 2.05) is 13.0 Å². The molecule has 82 valence electrons. The molecule has 0 atom stereocenters. The molecule has 0 bridgehead atoms. The maximum Gasteiger partial charge on any atom is 0.163 e. The van der Waals surface area contributed by atoms with Crippen LogP contribution in [-0.2, 0) is 0 Å². The Morgan fingerprint density at radius 3 is 2.38 bits per heavy atom. The van der Waals surface area contributed by atoms with E-state index in [1.54, 1.807) is 12.4 Å². The lowest BCUT2D eigenvalue weighted by molar-refractivity contribution is 1.14. The van der Waals surface area contributed by atoms with Crippen molar-refractivity contribution in [2.45, 2.75) is 6.92 Å². The fourth-order valence-corrected chi connectivity index (χ4v) is 1.80. The summed E-state index contributed by atoms with van der Waals surface area (Å²) in [6, 6.07) is 1.82. The molecule has 0 aliphatic rings. The maximum atomic E-state index is 5.92. The van der Waals surface area contributed by atoms with Gasteiger partial charge in [0.15, 0.2) is 5.82 Å². The first-order valence-electron chi connectivity index (χ1n) is 4.39. The van der Waals surface area contributed by atoms with Gasteiger partial charge in [0.05, 0.1) is 4.47 Å². The Morgan fingerprint density at radius 2 is 1.81 bits per heavy atom. The molecule has 0 spiro atoms. The first kappa shape index (κ1) is 11.8. The summed E-state index contributed by atoms with van der Waals surface area (Å²) in [4.78, 5) is 12.3. The van der Waals surface area contributed by atoms with Gasteiger partial charge in [-0.05, 0) is 34.5 Å². The van der Waals surface area contributed by atoms with Crippen LogP contribution < -0.4 is 0 Å². The summed E-state index contributed by atoms with van der Waals surface area (Å²) in [5.41, 5.74) is 1.84. The molecule has 0 aliphatic heterocycles. The second kappa shape index (κ2) is 4.65. The zero-order chi connectivity index (χ0) is 11.7. The fourth-order valence-electron chi connectivity index (χ4n) is 1.24. The normalized spacial score (nSPS) is 10.5. The molecule has 2 rings (SSSR count). The lowest BCUT2D eigenvalue weighted by Crippen LogP contribution is -1.94. The summed E-state index contributed by atoms with van der Waals surface area (Å²) in [5.74, 6) is 0.498. The zero-order valence-electron chi connectivity index (χ0n) is 8.21. The molecule has 0 saturated carbocycles. The molecule has 0 N–H and O–H groups in total. The SMILES string of the molecule is Cc1cnccc1-c1nc(Cl)c(Br)c(Cl)n1. The summed E-state index contributed by atoms with van der Waals surface area (Å²) >= 11 is 15.0. The molecule has 0 unspecified atom stereocenters. The zero-order valence-corrected chi connectivity index (χ0v) is 11.3. The van der Waals surface area contributed by atoms with Gasteiger partial charge >= 0.3 is 0 Å². The van der Waals surface area contributed by atoms with E-state index in [1.165, 1.54) is 0 Å². The summed E-state index contributed by atoms with van der Waals surface area (Å²) < 4.78 is 0.506. The van der Waals surface area contributed by atoms with E-state index in [2.05, 4.69) is 30.9 Å². The number of hydrogen-bond acceptors (Lipinski definition) is 3. The highest BCUT2D eigenvalue weighted by atomic mass is 79.9. The predicted molar refractivity (Wildman–Crippen MR) is 67.7 cm³/mol. The van der Waals surface area contributed by atoms with Crippen molar-refractivity contribution in [1.29, 1.82) is 0 Å². The Morgan fingerprint density at radius 1 is 1.19 bits per heavy atom. The van der Waals surface area contributed by atoms with Gasteiger partial charge in [0.2, 0.25) is 0 Å². The van der Waals surface area contributed by atoms with Crippen LogP contribution in [0, 0.1) is 6.92 Å². The van der Waals surface area contributed by atoms with Crippen LogP contribution >= 0.6 is 39.1 Å². The Hall–Kier alpha value is -0.710. The van der Waals surface area contributed by atoms with Crippen LogP contribution in [-0.4, -0.2) is 15.0 Å².